The first-order valence-electron chi connectivity index (χ1n) is 10.3. The van der Waals surface area contributed by atoms with E-state index in [1.807, 2.05) is 0 Å². The normalized spacial score (nSPS) is 17.6. The van der Waals surface area contributed by atoms with Crippen molar-refractivity contribution in [1.29, 1.82) is 0 Å². The Hall–Kier alpha value is -4.01. The standard InChI is InChI=1S/C25H18F4N2O3/c26-16-9-15(10-17(27)11-16)18-12-31(13-21(32)14-5-2-1-3-6-14)25(34)22(18)24(33)30-20-8-4-7-19(28)23(20)29/h1-11,18,22H,12-13H2,(H,30,33)/t18-,22+/m1/s1. The molecule has 5 nitrogen and oxygen atoms in total. The average molecular weight is 470 g/mol. The van der Waals surface area contributed by atoms with Crippen molar-refractivity contribution in [2.45, 2.75) is 5.92 Å². The number of halogens is 4. The number of hydrogen-bond acceptors (Lipinski definition) is 3. The van der Waals surface area contributed by atoms with Crippen molar-refractivity contribution in [3.05, 3.63) is 101 Å². The smallest absolute Gasteiger partial charge is 0.237 e. The van der Waals surface area contributed by atoms with Crippen molar-refractivity contribution in [1.82, 2.24) is 4.90 Å². The lowest BCUT2D eigenvalue weighted by Crippen LogP contribution is -2.36. The molecule has 9 heteroatoms. The molecule has 0 aromatic heterocycles. The summed E-state index contributed by atoms with van der Waals surface area (Å²) < 4.78 is 55.4. The molecule has 1 saturated heterocycles. The van der Waals surface area contributed by atoms with Gasteiger partial charge in [-0.15, -0.1) is 0 Å². The van der Waals surface area contributed by atoms with Crippen LogP contribution in [0.15, 0.2) is 66.7 Å². The molecule has 3 aromatic rings. The molecular formula is C25H18F4N2O3. The summed E-state index contributed by atoms with van der Waals surface area (Å²) in [4.78, 5) is 40.0. The highest BCUT2D eigenvalue weighted by Gasteiger charge is 2.46. The summed E-state index contributed by atoms with van der Waals surface area (Å²) in [6, 6.07) is 13.9. The van der Waals surface area contributed by atoms with Crippen LogP contribution in [0.3, 0.4) is 0 Å². The van der Waals surface area contributed by atoms with Crippen LogP contribution in [0.4, 0.5) is 23.2 Å². The number of Topliss-reactive ketones (excluding diaryl/α,β-unsaturated/α-hetero) is 1. The van der Waals surface area contributed by atoms with Crippen molar-refractivity contribution in [2.24, 2.45) is 5.92 Å². The molecule has 3 aromatic carbocycles. The van der Waals surface area contributed by atoms with E-state index in [9.17, 15) is 31.9 Å². The van der Waals surface area contributed by atoms with E-state index in [-0.39, 0.29) is 18.7 Å². The van der Waals surface area contributed by atoms with Gasteiger partial charge in [0.2, 0.25) is 11.8 Å². The number of carbonyl (C=O) groups excluding carboxylic acids is 3. The number of nitrogens with one attached hydrogen (secondary N) is 1. The molecule has 1 heterocycles. The Balaban J connectivity index is 1.65. The highest BCUT2D eigenvalue weighted by atomic mass is 19.2. The molecule has 1 aliphatic rings. The topological polar surface area (TPSA) is 66.5 Å². The number of amides is 2. The second kappa shape index (κ2) is 9.46. The van der Waals surface area contributed by atoms with Gasteiger partial charge in [-0.3, -0.25) is 14.4 Å². The lowest BCUT2D eigenvalue weighted by atomic mass is 9.87. The zero-order valence-corrected chi connectivity index (χ0v) is 17.6. The minimum absolute atomic E-state index is 0.0281. The van der Waals surface area contributed by atoms with Gasteiger partial charge in [-0.1, -0.05) is 36.4 Å². The summed E-state index contributed by atoms with van der Waals surface area (Å²) in [6.45, 7) is -0.542. The molecule has 4 rings (SSSR count). The number of likely N-dealkylation sites (tertiary alicyclic amines) is 1. The third kappa shape index (κ3) is 4.68. The van der Waals surface area contributed by atoms with Crippen molar-refractivity contribution in [3.63, 3.8) is 0 Å². The van der Waals surface area contributed by atoms with Gasteiger partial charge in [-0.05, 0) is 29.8 Å². The van der Waals surface area contributed by atoms with Gasteiger partial charge in [-0.25, -0.2) is 17.6 Å². The predicted octanol–water partition coefficient (Wildman–Crippen LogP) is 4.31. The second-order valence-electron chi connectivity index (χ2n) is 7.89. The third-order valence-corrected chi connectivity index (χ3v) is 5.63. The molecule has 0 unspecified atom stereocenters. The maximum Gasteiger partial charge on any atom is 0.237 e. The quantitative estimate of drug-likeness (QED) is 0.332. The monoisotopic (exact) mass is 470 g/mol. The van der Waals surface area contributed by atoms with E-state index >= 15 is 0 Å². The van der Waals surface area contributed by atoms with Gasteiger partial charge < -0.3 is 10.2 Å². The van der Waals surface area contributed by atoms with Crippen LogP contribution in [0, 0.1) is 29.2 Å². The van der Waals surface area contributed by atoms with Crippen LogP contribution in [0.5, 0.6) is 0 Å². The minimum Gasteiger partial charge on any atom is -0.334 e. The van der Waals surface area contributed by atoms with Gasteiger partial charge in [0, 0.05) is 24.1 Å². The van der Waals surface area contributed by atoms with Crippen LogP contribution in [0.2, 0.25) is 0 Å². The zero-order chi connectivity index (χ0) is 24.4. The van der Waals surface area contributed by atoms with Gasteiger partial charge in [0.1, 0.15) is 17.6 Å². The van der Waals surface area contributed by atoms with E-state index in [4.69, 9.17) is 0 Å². The lowest BCUT2D eigenvalue weighted by molar-refractivity contribution is -0.135. The Labute approximate surface area is 192 Å². The fraction of sp³-hybridized carbons (Fsp3) is 0.160. The number of ketones is 1. The maximum absolute atomic E-state index is 14.1. The summed E-state index contributed by atoms with van der Waals surface area (Å²) in [6.07, 6.45) is 0. The Morgan fingerprint density at radius 3 is 2.26 bits per heavy atom. The Morgan fingerprint density at radius 1 is 0.912 bits per heavy atom. The Kier molecular flexibility index (Phi) is 6.45. The van der Waals surface area contributed by atoms with E-state index < -0.39 is 58.4 Å². The molecule has 0 radical (unpaired) electrons. The Bertz CT molecular complexity index is 1250. The molecule has 174 valence electrons. The number of carbonyl (C=O) groups is 3. The molecule has 2 amide bonds. The summed E-state index contributed by atoms with van der Waals surface area (Å²) in [5.74, 6) is -9.03. The molecule has 1 N–H and O–H groups in total. The van der Waals surface area contributed by atoms with Gasteiger partial charge in [0.25, 0.3) is 0 Å². The molecule has 0 saturated carbocycles. The van der Waals surface area contributed by atoms with Crippen molar-refractivity contribution >= 4 is 23.3 Å². The number of hydrogen-bond donors (Lipinski definition) is 1. The van der Waals surface area contributed by atoms with E-state index in [1.54, 1.807) is 30.3 Å². The molecule has 0 spiro atoms. The largest absolute Gasteiger partial charge is 0.334 e. The highest BCUT2D eigenvalue weighted by molar-refractivity contribution is 6.10. The molecule has 0 aliphatic carbocycles. The molecule has 1 fully saturated rings. The predicted molar refractivity (Wildman–Crippen MR) is 115 cm³/mol. The fourth-order valence-corrected chi connectivity index (χ4v) is 4.03. The minimum atomic E-state index is -1.52. The van der Waals surface area contributed by atoms with Crippen molar-refractivity contribution < 1.29 is 31.9 Å². The first-order chi connectivity index (χ1) is 16.2. The Morgan fingerprint density at radius 2 is 1.59 bits per heavy atom. The van der Waals surface area contributed by atoms with Gasteiger partial charge in [0.15, 0.2) is 17.4 Å². The summed E-state index contributed by atoms with van der Waals surface area (Å²) in [5.41, 5.74) is -0.112. The van der Waals surface area contributed by atoms with Gasteiger partial charge in [0.05, 0.1) is 12.2 Å². The first-order valence-corrected chi connectivity index (χ1v) is 10.3. The SMILES string of the molecule is O=C(CN1C[C@H](c2cc(F)cc(F)c2)[C@@H](C(=O)Nc2cccc(F)c2F)C1=O)c1ccccc1. The number of nitrogens with zero attached hydrogens (tertiary/aromatic N) is 1. The fourth-order valence-electron chi connectivity index (χ4n) is 4.03. The van der Waals surface area contributed by atoms with Crippen LogP contribution < -0.4 is 5.32 Å². The van der Waals surface area contributed by atoms with Crippen molar-refractivity contribution in [3.8, 4) is 0 Å². The highest BCUT2D eigenvalue weighted by Crippen LogP contribution is 2.36. The van der Waals surface area contributed by atoms with Crippen molar-refractivity contribution in [2.75, 3.05) is 18.4 Å². The molecule has 34 heavy (non-hydrogen) atoms. The summed E-state index contributed by atoms with van der Waals surface area (Å²) >= 11 is 0. The van der Waals surface area contributed by atoms with Crippen LogP contribution in [0.1, 0.15) is 21.8 Å². The van der Waals surface area contributed by atoms with Crippen LogP contribution >= 0.6 is 0 Å². The molecule has 0 bridgehead atoms. The number of rotatable bonds is 6. The molecule has 2 atom stereocenters. The summed E-state index contributed by atoms with van der Waals surface area (Å²) in [7, 11) is 0. The van der Waals surface area contributed by atoms with E-state index in [0.29, 0.717) is 11.6 Å². The van der Waals surface area contributed by atoms with Crippen LogP contribution in [-0.2, 0) is 9.59 Å². The average Bonchev–Trinajstić information content (AvgIpc) is 3.13. The molecular weight excluding hydrogens is 452 g/mol. The number of benzene rings is 3. The van der Waals surface area contributed by atoms with Crippen LogP contribution in [-0.4, -0.2) is 35.6 Å². The van der Waals surface area contributed by atoms with Gasteiger partial charge >= 0.3 is 0 Å². The summed E-state index contributed by atoms with van der Waals surface area (Å²) in [5, 5.41) is 2.18. The lowest BCUT2D eigenvalue weighted by Gasteiger charge is -2.17. The number of anilines is 1. The maximum atomic E-state index is 14.1. The second-order valence-corrected chi connectivity index (χ2v) is 7.89. The van der Waals surface area contributed by atoms with Gasteiger partial charge in [-0.2, -0.15) is 0 Å². The third-order valence-electron chi connectivity index (χ3n) is 5.63. The first kappa shape index (κ1) is 23.2. The van der Waals surface area contributed by atoms with E-state index in [1.165, 1.54) is 6.07 Å². The molecule has 1 aliphatic heterocycles. The van der Waals surface area contributed by atoms with E-state index in [2.05, 4.69) is 5.32 Å². The zero-order valence-electron chi connectivity index (χ0n) is 17.6. The van der Waals surface area contributed by atoms with E-state index in [0.717, 1.165) is 29.2 Å². The van der Waals surface area contributed by atoms with Crippen LogP contribution in [0.25, 0.3) is 0 Å².